The average molecular weight is 448 g/mol. The van der Waals surface area contributed by atoms with E-state index in [4.69, 9.17) is 14.0 Å². The third-order valence-corrected chi connectivity index (χ3v) is 6.38. The normalized spacial score (nSPS) is 16.5. The molecule has 2 aliphatic rings. The summed E-state index contributed by atoms with van der Waals surface area (Å²) in [6, 6.07) is 16.1. The molecule has 3 aromatic rings. The van der Waals surface area contributed by atoms with Gasteiger partial charge in [-0.1, -0.05) is 36.3 Å². The molecular formula is C26H29N3O4. The minimum atomic E-state index is -0.239. The number of carbonyl (C=O) groups excluding carboxylic acids is 1. The molecule has 0 radical (unpaired) electrons. The molecule has 1 aromatic heterocycles. The summed E-state index contributed by atoms with van der Waals surface area (Å²) in [4.78, 5) is 15.3. The van der Waals surface area contributed by atoms with Gasteiger partial charge in [0.25, 0.3) is 5.91 Å². The van der Waals surface area contributed by atoms with Gasteiger partial charge in [-0.3, -0.25) is 9.69 Å². The summed E-state index contributed by atoms with van der Waals surface area (Å²) in [7, 11) is 0. The van der Waals surface area contributed by atoms with Crippen molar-refractivity contribution < 1.29 is 18.8 Å². The number of hydrogen-bond donors (Lipinski definition) is 1. The molecule has 7 nitrogen and oxygen atoms in total. The lowest BCUT2D eigenvalue weighted by molar-refractivity contribution is 0.0929. The highest BCUT2D eigenvalue weighted by atomic mass is 16.6. The van der Waals surface area contributed by atoms with Crippen molar-refractivity contribution in [2.24, 2.45) is 0 Å². The van der Waals surface area contributed by atoms with Gasteiger partial charge in [-0.25, -0.2) is 0 Å². The predicted molar refractivity (Wildman–Crippen MR) is 125 cm³/mol. The molecule has 33 heavy (non-hydrogen) atoms. The molecule has 7 heteroatoms. The van der Waals surface area contributed by atoms with Crippen molar-refractivity contribution in [3.63, 3.8) is 0 Å². The van der Waals surface area contributed by atoms with Crippen LogP contribution in [0.5, 0.6) is 11.5 Å². The van der Waals surface area contributed by atoms with Gasteiger partial charge in [0.1, 0.15) is 13.2 Å². The van der Waals surface area contributed by atoms with Crippen LogP contribution < -0.4 is 14.8 Å². The van der Waals surface area contributed by atoms with E-state index in [9.17, 15) is 4.79 Å². The number of nitrogens with one attached hydrogen (secondary N) is 1. The molecule has 1 atom stereocenters. The molecule has 1 saturated heterocycles. The molecule has 1 N–H and O–H groups in total. The first kappa shape index (κ1) is 21.5. The van der Waals surface area contributed by atoms with Crippen LogP contribution in [-0.2, 0) is 6.42 Å². The van der Waals surface area contributed by atoms with Crippen LogP contribution in [0, 0.1) is 0 Å². The van der Waals surface area contributed by atoms with Gasteiger partial charge in [0.2, 0.25) is 0 Å². The highest BCUT2D eigenvalue weighted by Gasteiger charge is 2.25. The number of rotatable bonds is 7. The number of benzene rings is 2. The maximum absolute atomic E-state index is 12.9. The van der Waals surface area contributed by atoms with Gasteiger partial charge >= 0.3 is 0 Å². The van der Waals surface area contributed by atoms with Crippen LogP contribution in [0.15, 0.2) is 53.1 Å². The molecule has 0 bridgehead atoms. The number of nitrogens with zero attached hydrogens (tertiary/aromatic N) is 2. The highest BCUT2D eigenvalue weighted by Crippen LogP contribution is 2.34. The molecule has 0 aliphatic carbocycles. The Labute approximate surface area is 193 Å². The number of amides is 1. The van der Waals surface area contributed by atoms with Crippen LogP contribution in [-0.4, -0.2) is 48.8 Å². The van der Waals surface area contributed by atoms with Gasteiger partial charge in [-0.2, -0.15) is 0 Å². The van der Waals surface area contributed by atoms with Crippen LogP contribution in [0.1, 0.15) is 47.4 Å². The Bertz CT molecular complexity index is 1100. The van der Waals surface area contributed by atoms with E-state index in [0.717, 1.165) is 25.1 Å². The van der Waals surface area contributed by atoms with Crippen LogP contribution in [0.2, 0.25) is 0 Å². The van der Waals surface area contributed by atoms with Crippen LogP contribution in [0.4, 0.5) is 0 Å². The smallest absolute Gasteiger partial charge is 0.273 e. The average Bonchev–Trinajstić information content (AvgIpc) is 3.57. The molecule has 0 unspecified atom stereocenters. The van der Waals surface area contributed by atoms with Crippen molar-refractivity contribution in [2.45, 2.75) is 32.2 Å². The van der Waals surface area contributed by atoms with Gasteiger partial charge in [-0.05, 0) is 61.7 Å². The monoisotopic (exact) mass is 447 g/mol. The molecule has 1 amide bonds. The minimum absolute atomic E-state index is 0.145. The van der Waals surface area contributed by atoms with Crippen LogP contribution >= 0.6 is 0 Å². The quantitative estimate of drug-likeness (QED) is 0.584. The number of aromatic nitrogens is 1. The predicted octanol–water partition coefficient (Wildman–Crippen LogP) is 4.24. The zero-order valence-electron chi connectivity index (χ0n) is 18.9. The summed E-state index contributed by atoms with van der Waals surface area (Å²) in [6.07, 6.45) is 3.41. The van der Waals surface area contributed by atoms with E-state index in [-0.39, 0.29) is 17.6 Å². The largest absolute Gasteiger partial charge is 0.486 e. The summed E-state index contributed by atoms with van der Waals surface area (Å²) < 4.78 is 16.7. The summed E-state index contributed by atoms with van der Waals surface area (Å²) in [5.74, 6) is 1.66. The minimum Gasteiger partial charge on any atom is -0.486 e. The van der Waals surface area contributed by atoms with E-state index >= 15 is 0 Å². The van der Waals surface area contributed by atoms with Crippen LogP contribution in [0.25, 0.3) is 11.3 Å². The Morgan fingerprint density at radius 2 is 1.79 bits per heavy atom. The molecule has 2 aromatic carbocycles. The molecule has 3 heterocycles. The summed E-state index contributed by atoms with van der Waals surface area (Å²) in [5.41, 5.74) is 3.60. The molecule has 0 spiro atoms. The fourth-order valence-corrected chi connectivity index (χ4v) is 4.48. The third-order valence-electron chi connectivity index (χ3n) is 6.38. The third kappa shape index (κ3) is 4.73. The molecule has 5 rings (SSSR count). The number of fused-ring (bicyclic) bond motifs is 1. The van der Waals surface area contributed by atoms with Crippen molar-refractivity contribution in [1.82, 2.24) is 15.4 Å². The maximum atomic E-state index is 12.9. The Kier molecular flexibility index (Phi) is 6.30. The van der Waals surface area contributed by atoms with E-state index in [1.54, 1.807) is 6.07 Å². The number of likely N-dealkylation sites (tertiary alicyclic amines) is 1. The second-order valence-electron chi connectivity index (χ2n) is 8.50. The topological polar surface area (TPSA) is 76.8 Å². The van der Waals surface area contributed by atoms with Crippen molar-refractivity contribution in [1.29, 1.82) is 0 Å². The Balaban J connectivity index is 1.28. The van der Waals surface area contributed by atoms with Gasteiger partial charge in [0, 0.05) is 18.2 Å². The second-order valence-corrected chi connectivity index (χ2v) is 8.50. The van der Waals surface area contributed by atoms with Crippen molar-refractivity contribution in [2.75, 3.05) is 32.8 Å². The number of hydrogen-bond acceptors (Lipinski definition) is 6. The Hall–Kier alpha value is -3.32. The van der Waals surface area contributed by atoms with Gasteiger partial charge in [0.15, 0.2) is 23.0 Å². The molecule has 0 saturated carbocycles. The first-order valence-corrected chi connectivity index (χ1v) is 11.7. The molecular weight excluding hydrogens is 418 g/mol. The SMILES string of the molecule is CCc1ccc([C@H](CNC(=O)c2cc(-c3ccc4c(c3)OCCO4)on2)N2CCCC2)cc1. The second kappa shape index (κ2) is 9.67. The summed E-state index contributed by atoms with van der Waals surface area (Å²) in [5, 5.41) is 7.07. The van der Waals surface area contributed by atoms with E-state index in [1.165, 1.54) is 24.0 Å². The fraction of sp³-hybridized carbons (Fsp3) is 0.385. The fourth-order valence-electron chi connectivity index (χ4n) is 4.48. The highest BCUT2D eigenvalue weighted by molar-refractivity contribution is 5.93. The van der Waals surface area contributed by atoms with Gasteiger partial charge in [-0.15, -0.1) is 0 Å². The zero-order valence-corrected chi connectivity index (χ0v) is 18.9. The first-order chi connectivity index (χ1) is 16.2. The van der Waals surface area contributed by atoms with E-state index < -0.39 is 0 Å². The lowest BCUT2D eigenvalue weighted by Gasteiger charge is -2.28. The number of aryl methyl sites for hydroxylation is 1. The van der Waals surface area contributed by atoms with Crippen LogP contribution in [0.3, 0.4) is 0 Å². The first-order valence-electron chi connectivity index (χ1n) is 11.7. The van der Waals surface area contributed by atoms with Crippen molar-refractivity contribution in [3.05, 3.63) is 65.4 Å². The van der Waals surface area contributed by atoms with E-state index in [0.29, 0.717) is 37.0 Å². The lowest BCUT2D eigenvalue weighted by Crippen LogP contribution is -2.36. The maximum Gasteiger partial charge on any atom is 0.273 e. The molecule has 2 aliphatic heterocycles. The lowest BCUT2D eigenvalue weighted by atomic mass is 10.0. The Morgan fingerprint density at radius 1 is 1.03 bits per heavy atom. The van der Waals surface area contributed by atoms with Gasteiger partial charge in [0.05, 0.1) is 6.04 Å². The zero-order chi connectivity index (χ0) is 22.6. The number of ether oxygens (including phenoxy) is 2. The summed E-state index contributed by atoms with van der Waals surface area (Å²) in [6.45, 7) is 5.84. The Morgan fingerprint density at radius 3 is 2.55 bits per heavy atom. The number of carbonyl (C=O) groups is 1. The molecule has 172 valence electrons. The van der Waals surface area contributed by atoms with E-state index in [2.05, 4.69) is 46.6 Å². The molecule has 1 fully saturated rings. The van der Waals surface area contributed by atoms with Crippen molar-refractivity contribution in [3.8, 4) is 22.8 Å². The standard InChI is InChI=1S/C26H29N3O4/c1-2-18-5-7-19(8-6-18)22(29-11-3-4-12-29)17-27-26(30)21-16-24(33-28-21)20-9-10-23-25(15-20)32-14-13-31-23/h5-10,15-16,22H,2-4,11-14,17H2,1H3,(H,27,30)/t22-/m0/s1. The van der Waals surface area contributed by atoms with Gasteiger partial charge < -0.3 is 19.3 Å². The summed E-state index contributed by atoms with van der Waals surface area (Å²) >= 11 is 0. The van der Waals surface area contributed by atoms with Crippen molar-refractivity contribution >= 4 is 5.91 Å². The van der Waals surface area contributed by atoms with E-state index in [1.807, 2.05) is 18.2 Å².